The van der Waals surface area contributed by atoms with Crippen LogP contribution in [0.5, 0.6) is 0 Å². The zero-order valence-electron chi connectivity index (χ0n) is 45.5. The molecule has 0 heterocycles. The molecule has 0 bridgehead atoms. The van der Waals surface area contributed by atoms with Gasteiger partial charge in [0.2, 0.25) is 0 Å². The summed E-state index contributed by atoms with van der Waals surface area (Å²) in [6, 6.07) is 0. The second-order valence-corrected chi connectivity index (χ2v) is 20.6. The van der Waals surface area contributed by atoms with E-state index in [2.05, 4.69) is 32.9 Å². The Balaban J connectivity index is 4.29. The molecule has 0 unspecified atom stereocenters. The van der Waals surface area contributed by atoms with Gasteiger partial charge in [0.15, 0.2) is 6.10 Å². The molecule has 0 radical (unpaired) electrons. The van der Waals surface area contributed by atoms with Crippen molar-refractivity contribution in [3.8, 4) is 0 Å². The van der Waals surface area contributed by atoms with Crippen LogP contribution >= 0.6 is 0 Å². The summed E-state index contributed by atoms with van der Waals surface area (Å²) in [6.45, 7) is 6.70. The molecular weight excluding hydrogens is 829 g/mol. The molecule has 1 atom stereocenters. The zero-order valence-corrected chi connectivity index (χ0v) is 45.5. The number of esters is 3. The Hall–Kier alpha value is -1.85. The van der Waals surface area contributed by atoms with Crippen molar-refractivity contribution in [3.63, 3.8) is 0 Å². The first kappa shape index (κ1) is 65.1. The van der Waals surface area contributed by atoms with Gasteiger partial charge in [-0.15, -0.1) is 0 Å². The molecule has 396 valence electrons. The summed E-state index contributed by atoms with van der Waals surface area (Å²) >= 11 is 0. The van der Waals surface area contributed by atoms with Gasteiger partial charge < -0.3 is 14.2 Å². The normalized spacial score (nSPS) is 12.0. The molecule has 67 heavy (non-hydrogen) atoms. The lowest BCUT2D eigenvalue weighted by atomic mass is 10.0. The average molecular weight is 946 g/mol. The van der Waals surface area contributed by atoms with Gasteiger partial charge >= 0.3 is 17.9 Å². The van der Waals surface area contributed by atoms with E-state index in [-0.39, 0.29) is 31.1 Å². The summed E-state index contributed by atoms with van der Waals surface area (Å²) in [7, 11) is 0. The molecule has 0 saturated heterocycles. The van der Waals surface area contributed by atoms with Crippen molar-refractivity contribution in [1.29, 1.82) is 0 Å². The van der Waals surface area contributed by atoms with Crippen LogP contribution in [0.2, 0.25) is 0 Å². The Labute approximate surface area is 418 Å². The van der Waals surface area contributed by atoms with E-state index in [1.165, 1.54) is 244 Å². The molecule has 0 aromatic heterocycles. The van der Waals surface area contributed by atoms with E-state index in [1.54, 1.807) is 0 Å². The summed E-state index contributed by atoms with van der Waals surface area (Å²) in [5, 5.41) is 0. The van der Waals surface area contributed by atoms with Crippen LogP contribution in [0, 0.1) is 0 Å². The third kappa shape index (κ3) is 55.0. The molecule has 6 nitrogen and oxygen atoms in total. The molecule has 0 fully saturated rings. The lowest BCUT2D eigenvalue weighted by molar-refractivity contribution is -0.167. The van der Waals surface area contributed by atoms with Gasteiger partial charge in [0.05, 0.1) is 0 Å². The maximum absolute atomic E-state index is 12.9. The lowest BCUT2D eigenvalue weighted by Crippen LogP contribution is -2.30. The fourth-order valence-electron chi connectivity index (χ4n) is 9.21. The predicted molar refractivity (Wildman–Crippen MR) is 289 cm³/mol. The van der Waals surface area contributed by atoms with Gasteiger partial charge in [-0.1, -0.05) is 290 Å². The zero-order chi connectivity index (χ0) is 48.6. The molecule has 0 N–H and O–H groups in total. The Morgan fingerprint density at radius 1 is 0.284 bits per heavy atom. The fraction of sp³-hybridized carbons (Fsp3) is 0.918. The highest BCUT2D eigenvalue weighted by atomic mass is 16.6. The Morgan fingerprint density at radius 2 is 0.493 bits per heavy atom. The standard InChI is InChI=1S/C61H116O6/c1-4-7-10-13-16-19-22-25-27-29-30-32-33-36-39-42-45-48-51-54-60(63)66-57-58(56-65-59(62)53-50-47-44-41-38-35-24-21-18-15-12-9-6-3)67-61(64)55-52-49-46-43-40-37-34-31-28-26-23-20-17-14-11-8-5-2/h25,27,58H,4-24,26,28-57H2,1-3H3/b27-25-/t58-/m0/s1. The minimum absolute atomic E-state index is 0.0642. The Bertz CT molecular complexity index is 1040. The van der Waals surface area contributed by atoms with Crippen molar-refractivity contribution >= 4 is 17.9 Å². The number of allylic oxidation sites excluding steroid dienone is 2. The number of carbonyl (C=O) groups is 3. The van der Waals surface area contributed by atoms with E-state index >= 15 is 0 Å². The second-order valence-electron chi connectivity index (χ2n) is 20.6. The van der Waals surface area contributed by atoms with E-state index in [4.69, 9.17) is 14.2 Å². The van der Waals surface area contributed by atoms with Crippen LogP contribution in [0.3, 0.4) is 0 Å². The van der Waals surface area contributed by atoms with Crippen LogP contribution in [0.15, 0.2) is 12.2 Å². The van der Waals surface area contributed by atoms with Gasteiger partial charge in [0, 0.05) is 19.3 Å². The smallest absolute Gasteiger partial charge is 0.306 e. The van der Waals surface area contributed by atoms with Gasteiger partial charge in [-0.2, -0.15) is 0 Å². The van der Waals surface area contributed by atoms with E-state index in [1.807, 2.05) is 0 Å². The molecule has 0 saturated carbocycles. The molecule has 0 aromatic rings. The molecule has 0 amide bonds. The molecule has 0 aliphatic heterocycles. The number of ether oxygens (including phenoxy) is 3. The first-order chi connectivity index (χ1) is 33.0. The van der Waals surface area contributed by atoms with Crippen LogP contribution in [-0.2, 0) is 28.6 Å². The monoisotopic (exact) mass is 945 g/mol. The number of rotatable bonds is 56. The molecule has 0 aliphatic carbocycles. The quantitative estimate of drug-likeness (QED) is 0.0262. The molecule has 6 heteroatoms. The first-order valence-electron chi connectivity index (χ1n) is 30.2. The van der Waals surface area contributed by atoms with Gasteiger partial charge in [-0.25, -0.2) is 0 Å². The van der Waals surface area contributed by atoms with E-state index in [9.17, 15) is 14.4 Å². The highest BCUT2D eigenvalue weighted by Gasteiger charge is 2.19. The minimum Gasteiger partial charge on any atom is -0.462 e. The Kier molecular flexibility index (Phi) is 55.2. The molecule has 0 aliphatic rings. The number of carbonyl (C=O) groups excluding carboxylic acids is 3. The van der Waals surface area contributed by atoms with Crippen molar-refractivity contribution in [2.45, 2.75) is 348 Å². The van der Waals surface area contributed by atoms with Crippen LogP contribution in [-0.4, -0.2) is 37.2 Å². The van der Waals surface area contributed by atoms with Crippen molar-refractivity contribution < 1.29 is 28.6 Å². The van der Waals surface area contributed by atoms with Gasteiger partial charge in [-0.3, -0.25) is 14.4 Å². The molecule has 0 spiro atoms. The van der Waals surface area contributed by atoms with Crippen LogP contribution in [0.4, 0.5) is 0 Å². The number of unbranched alkanes of at least 4 members (excludes halogenated alkanes) is 43. The summed E-state index contributed by atoms with van der Waals surface area (Å²) < 4.78 is 16.9. The third-order valence-corrected chi connectivity index (χ3v) is 13.8. The SMILES string of the molecule is CCCCCCCC/C=C\CCCCCCCCCCCC(=O)OC[C@H](COC(=O)CCCCCCCCCCCCCCC)OC(=O)CCCCCCCCCCCCCCCCCCC. The van der Waals surface area contributed by atoms with E-state index in [0.29, 0.717) is 19.3 Å². The van der Waals surface area contributed by atoms with E-state index in [0.717, 1.165) is 57.8 Å². The average Bonchev–Trinajstić information content (AvgIpc) is 3.33. The van der Waals surface area contributed by atoms with Gasteiger partial charge in [-0.05, 0) is 44.9 Å². The highest BCUT2D eigenvalue weighted by Crippen LogP contribution is 2.17. The van der Waals surface area contributed by atoms with Crippen LogP contribution in [0.1, 0.15) is 342 Å². The summed E-state index contributed by atoms with van der Waals surface area (Å²) in [6.07, 6.45) is 64.9. The summed E-state index contributed by atoms with van der Waals surface area (Å²) in [5.74, 6) is -0.839. The van der Waals surface area contributed by atoms with Crippen molar-refractivity contribution in [3.05, 3.63) is 12.2 Å². The van der Waals surface area contributed by atoms with Crippen LogP contribution < -0.4 is 0 Å². The van der Waals surface area contributed by atoms with Gasteiger partial charge in [0.25, 0.3) is 0 Å². The number of hydrogen-bond acceptors (Lipinski definition) is 6. The highest BCUT2D eigenvalue weighted by molar-refractivity contribution is 5.71. The predicted octanol–water partition coefficient (Wildman–Crippen LogP) is 20.1. The van der Waals surface area contributed by atoms with Crippen LogP contribution in [0.25, 0.3) is 0 Å². The molecule has 0 rings (SSSR count). The third-order valence-electron chi connectivity index (χ3n) is 13.8. The summed E-state index contributed by atoms with van der Waals surface area (Å²) in [4.78, 5) is 38.2. The second kappa shape index (κ2) is 56.7. The minimum atomic E-state index is -0.765. The largest absolute Gasteiger partial charge is 0.462 e. The van der Waals surface area contributed by atoms with Crippen molar-refractivity contribution in [2.75, 3.05) is 13.2 Å². The van der Waals surface area contributed by atoms with Crippen molar-refractivity contribution in [1.82, 2.24) is 0 Å². The summed E-state index contributed by atoms with van der Waals surface area (Å²) in [5.41, 5.74) is 0. The maximum Gasteiger partial charge on any atom is 0.306 e. The molecule has 0 aromatic carbocycles. The van der Waals surface area contributed by atoms with E-state index < -0.39 is 6.10 Å². The maximum atomic E-state index is 12.9. The molecular formula is C61H116O6. The first-order valence-corrected chi connectivity index (χ1v) is 30.2. The number of hydrogen-bond donors (Lipinski definition) is 0. The fourth-order valence-corrected chi connectivity index (χ4v) is 9.21. The topological polar surface area (TPSA) is 78.9 Å². The van der Waals surface area contributed by atoms with Crippen molar-refractivity contribution in [2.24, 2.45) is 0 Å². The lowest BCUT2D eigenvalue weighted by Gasteiger charge is -2.18. The Morgan fingerprint density at radius 3 is 0.746 bits per heavy atom. The van der Waals surface area contributed by atoms with Gasteiger partial charge in [0.1, 0.15) is 13.2 Å².